The van der Waals surface area contributed by atoms with Crippen LogP contribution in [0.4, 0.5) is 0 Å². The van der Waals surface area contributed by atoms with Gasteiger partial charge in [-0.15, -0.1) is 0 Å². The zero-order chi connectivity index (χ0) is 11.4. The van der Waals surface area contributed by atoms with Gasteiger partial charge in [-0.2, -0.15) is 0 Å². The van der Waals surface area contributed by atoms with Crippen molar-refractivity contribution in [2.45, 2.75) is 6.04 Å². The van der Waals surface area contributed by atoms with Gasteiger partial charge in [0.05, 0.1) is 6.61 Å². The molecule has 0 bridgehead atoms. The molecule has 0 aromatic rings. The highest BCUT2D eigenvalue weighted by molar-refractivity contribution is 5.87. The maximum absolute atomic E-state index is 11.6. The summed E-state index contributed by atoms with van der Waals surface area (Å²) in [5.74, 6) is -1.12. The van der Waals surface area contributed by atoms with Crippen LogP contribution in [0.5, 0.6) is 0 Å². The summed E-state index contributed by atoms with van der Waals surface area (Å²) >= 11 is 0. The molecule has 1 heterocycles. The number of ether oxygens (including phenoxy) is 1. The van der Waals surface area contributed by atoms with Crippen molar-refractivity contribution in [1.29, 1.82) is 0 Å². The number of hydrogen-bond acceptors (Lipinski definition) is 4. The number of carboxylic acid groups (broad SMARTS) is 1. The number of carboxylic acids is 1. The summed E-state index contributed by atoms with van der Waals surface area (Å²) in [5, 5.41) is 8.51. The molecule has 1 amide bonds. The van der Waals surface area contributed by atoms with E-state index in [2.05, 4.69) is 0 Å². The molecule has 1 saturated heterocycles. The summed E-state index contributed by atoms with van der Waals surface area (Å²) in [6, 6.07) is -0.149. The van der Waals surface area contributed by atoms with E-state index in [1.807, 2.05) is 4.90 Å². The Labute approximate surface area is 88.4 Å². The molecule has 0 radical (unpaired) electrons. The highest BCUT2D eigenvalue weighted by Gasteiger charge is 2.41. The van der Waals surface area contributed by atoms with Crippen molar-refractivity contribution in [1.82, 2.24) is 9.80 Å². The molecule has 1 N–H and O–H groups in total. The number of carbonyl (C=O) groups excluding carboxylic acids is 1. The third kappa shape index (κ3) is 3.49. The minimum Gasteiger partial charge on any atom is -0.480 e. The van der Waals surface area contributed by atoms with Crippen LogP contribution in [0.15, 0.2) is 0 Å². The lowest BCUT2D eigenvalue weighted by atomic mass is 10.4. The van der Waals surface area contributed by atoms with E-state index in [-0.39, 0.29) is 18.5 Å². The number of aliphatic carboxylic acids is 1. The Hall–Kier alpha value is -1.14. The van der Waals surface area contributed by atoms with Crippen molar-refractivity contribution in [3.8, 4) is 0 Å². The minimum atomic E-state index is -0.991. The lowest BCUT2D eigenvalue weighted by Gasteiger charge is -2.14. The molecule has 0 spiro atoms. The topological polar surface area (TPSA) is 69.9 Å². The Kier molecular flexibility index (Phi) is 4.05. The van der Waals surface area contributed by atoms with E-state index in [1.54, 1.807) is 7.11 Å². The molecule has 1 aliphatic heterocycles. The van der Waals surface area contributed by atoms with Crippen molar-refractivity contribution in [3.63, 3.8) is 0 Å². The van der Waals surface area contributed by atoms with Crippen LogP contribution in [0, 0.1) is 0 Å². The van der Waals surface area contributed by atoms with Crippen LogP contribution in [0.3, 0.4) is 0 Å². The number of carbonyl (C=O) groups is 2. The van der Waals surface area contributed by atoms with Crippen LogP contribution in [0.1, 0.15) is 0 Å². The zero-order valence-corrected chi connectivity index (χ0v) is 8.97. The minimum absolute atomic E-state index is 0.131. The van der Waals surface area contributed by atoms with E-state index in [0.717, 1.165) is 0 Å². The fraction of sp³-hybridized carbons (Fsp3) is 0.778. The summed E-state index contributed by atoms with van der Waals surface area (Å²) < 4.78 is 4.89. The van der Waals surface area contributed by atoms with Gasteiger partial charge in [0, 0.05) is 27.2 Å². The Morgan fingerprint density at radius 2 is 2.27 bits per heavy atom. The van der Waals surface area contributed by atoms with Gasteiger partial charge in [0.2, 0.25) is 5.91 Å². The molecule has 0 saturated carbocycles. The molecule has 0 aromatic carbocycles. The van der Waals surface area contributed by atoms with E-state index in [9.17, 15) is 9.59 Å². The van der Waals surface area contributed by atoms with Gasteiger partial charge in [-0.05, 0) is 0 Å². The SMILES string of the molecule is COCC[N@@]1CC1C(=O)N(C)CC(=O)O. The predicted octanol–water partition coefficient (Wildman–Crippen LogP) is -1.14. The van der Waals surface area contributed by atoms with Gasteiger partial charge in [-0.1, -0.05) is 0 Å². The van der Waals surface area contributed by atoms with Gasteiger partial charge in [0.1, 0.15) is 12.6 Å². The summed E-state index contributed by atoms with van der Waals surface area (Å²) in [7, 11) is 3.11. The molecule has 0 aliphatic carbocycles. The maximum atomic E-state index is 11.6. The average Bonchev–Trinajstić information content (AvgIpc) is 2.91. The number of rotatable bonds is 6. The Bertz CT molecular complexity index is 256. The second-order valence-electron chi connectivity index (χ2n) is 3.59. The molecule has 1 fully saturated rings. The van der Waals surface area contributed by atoms with Crippen molar-refractivity contribution in [2.24, 2.45) is 0 Å². The summed E-state index contributed by atoms with van der Waals surface area (Å²) in [6.45, 7) is 1.76. The number of nitrogens with zero attached hydrogens (tertiary/aromatic N) is 2. The maximum Gasteiger partial charge on any atom is 0.323 e. The van der Waals surface area contributed by atoms with Crippen molar-refractivity contribution in [2.75, 3.05) is 40.4 Å². The van der Waals surface area contributed by atoms with Gasteiger partial charge >= 0.3 is 5.97 Å². The summed E-state index contributed by atoms with van der Waals surface area (Å²) in [6.07, 6.45) is 0. The molecule has 15 heavy (non-hydrogen) atoms. The Morgan fingerprint density at radius 3 is 2.80 bits per heavy atom. The van der Waals surface area contributed by atoms with Gasteiger partial charge in [0.15, 0.2) is 0 Å². The van der Waals surface area contributed by atoms with Gasteiger partial charge in [-0.3, -0.25) is 14.5 Å². The van der Waals surface area contributed by atoms with Gasteiger partial charge < -0.3 is 14.7 Å². The van der Waals surface area contributed by atoms with Gasteiger partial charge in [0.25, 0.3) is 0 Å². The van der Waals surface area contributed by atoms with Crippen LogP contribution in [-0.2, 0) is 14.3 Å². The second kappa shape index (κ2) is 5.09. The first-order valence-corrected chi connectivity index (χ1v) is 4.76. The van der Waals surface area contributed by atoms with Crippen LogP contribution >= 0.6 is 0 Å². The van der Waals surface area contributed by atoms with E-state index >= 15 is 0 Å². The van der Waals surface area contributed by atoms with E-state index < -0.39 is 5.97 Å². The highest BCUT2D eigenvalue weighted by Crippen LogP contribution is 2.18. The van der Waals surface area contributed by atoms with Crippen molar-refractivity contribution in [3.05, 3.63) is 0 Å². The molecular formula is C9H16N2O4. The fourth-order valence-electron chi connectivity index (χ4n) is 1.40. The van der Waals surface area contributed by atoms with Crippen LogP contribution in [0.2, 0.25) is 0 Å². The first-order chi connectivity index (χ1) is 7.06. The monoisotopic (exact) mass is 216 g/mol. The lowest BCUT2D eigenvalue weighted by Crippen LogP contribution is -2.36. The predicted molar refractivity (Wildman–Crippen MR) is 52.5 cm³/mol. The second-order valence-corrected chi connectivity index (χ2v) is 3.59. The zero-order valence-electron chi connectivity index (χ0n) is 8.97. The molecule has 1 rings (SSSR count). The average molecular weight is 216 g/mol. The molecular weight excluding hydrogens is 200 g/mol. The smallest absolute Gasteiger partial charge is 0.323 e. The van der Waals surface area contributed by atoms with Crippen LogP contribution in [0.25, 0.3) is 0 Å². The Balaban J connectivity index is 2.27. The molecule has 2 atom stereocenters. The van der Waals surface area contributed by atoms with Crippen LogP contribution < -0.4 is 0 Å². The third-order valence-electron chi connectivity index (χ3n) is 2.33. The highest BCUT2D eigenvalue weighted by atomic mass is 16.5. The molecule has 0 aromatic heterocycles. The number of methoxy groups -OCH3 is 1. The van der Waals surface area contributed by atoms with E-state index in [1.165, 1.54) is 11.9 Å². The normalized spacial score (nSPS) is 23.6. The van der Waals surface area contributed by atoms with Crippen LogP contribution in [-0.4, -0.2) is 73.2 Å². The molecule has 6 nitrogen and oxygen atoms in total. The van der Waals surface area contributed by atoms with Crippen molar-refractivity contribution >= 4 is 11.9 Å². The van der Waals surface area contributed by atoms with Gasteiger partial charge in [-0.25, -0.2) is 0 Å². The number of likely N-dealkylation sites (N-methyl/N-ethyl adjacent to an activating group) is 1. The lowest BCUT2D eigenvalue weighted by molar-refractivity contribution is -0.143. The summed E-state index contributed by atoms with van der Waals surface area (Å²) in [4.78, 5) is 25.2. The molecule has 86 valence electrons. The van der Waals surface area contributed by atoms with E-state index in [4.69, 9.17) is 9.84 Å². The number of amides is 1. The first-order valence-electron chi connectivity index (χ1n) is 4.76. The number of hydrogen-bond donors (Lipinski definition) is 1. The molecule has 1 aliphatic rings. The van der Waals surface area contributed by atoms with Crippen molar-refractivity contribution < 1.29 is 19.4 Å². The standard InChI is InChI=1S/C9H16N2O4/c1-10(6-8(12)13)9(14)7-5-11(7)3-4-15-2/h7H,3-6H2,1-2H3,(H,12,13)/t7?,11-/m0/s1. The Morgan fingerprint density at radius 1 is 1.60 bits per heavy atom. The third-order valence-corrected chi connectivity index (χ3v) is 2.33. The van der Waals surface area contributed by atoms with E-state index in [0.29, 0.717) is 19.7 Å². The largest absolute Gasteiger partial charge is 0.480 e. The molecule has 1 unspecified atom stereocenters. The first kappa shape index (κ1) is 11.9. The molecule has 6 heteroatoms. The fourth-order valence-corrected chi connectivity index (χ4v) is 1.40. The quantitative estimate of drug-likeness (QED) is 0.568. The summed E-state index contributed by atoms with van der Waals surface area (Å²) in [5.41, 5.74) is 0.